The van der Waals surface area contributed by atoms with E-state index in [-0.39, 0.29) is 5.56 Å². The molecule has 1 heterocycles. The number of amides is 1. The van der Waals surface area contributed by atoms with Gasteiger partial charge in [-0.2, -0.15) is 5.10 Å². The summed E-state index contributed by atoms with van der Waals surface area (Å²) in [7, 11) is 1.51. The lowest BCUT2D eigenvalue weighted by Gasteiger charge is -2.16. The summed E-state index contributed by atoms with van der Waals surface area (Å²) in [5, 5.41) is 7.15. The predicted octanol–water partition coefficient (Wildman–Crippen LogP) is 4.51. The number of benzene rings is 3. The molecule has 0 aliphatic heterocycles. The van der Waals surface area contributed by atoms with Crippen molar-refractivity contribution in [1.29, 1.82) is 0 Å². The van der Waals surface area contributed by atoms with Crippen LogP contribution in [0.5, 0.6) is 0 Å². The zero-order valence-corrected chi connectivity index (χ0v) is 16.2. The zero-order valence-electron chi connectivity index (χ0n) is 16.2. The van der Waals surface area contributed by atoms with E-state index in [0.717, 1.165) is 10.2 Å². The van der Waals surface area contributed by atoms with Crippen molar-refractivity contribution in [2.45, 2.75) is 0 Å². The highest BCUT2D eigenvalue weighted by atomic mass is 19.1. The van der Waals surface area contributed by atoms with Gasteiger partial charge in [0.2, 0.25) is 0 Å². The molecule has 0 fully saturated rings. The lowest BCUT2D eigenvalue weighted by Crippen LogP contribution is -2.31. The molecule has 5 nitrogen and oxygen atoms in total. The van der Waals surface area contributed by atoms with Gasteiger partial charge < -0.3 is 5.32 Å². The second-order valence-electron chi connectivity index (χ2n) is 6.72. The van der Waals surface area contributed by atoms with Gasteiger partial charge in [-0.15, -0.1) is 0 Å². The van der Waals surface area contributed by atoms with Crippen molar-refractivity contribution >= 4 is 11.6 Å². The highest BCUT2D eigenvalue weighted by Crippen LogP contribution is 2.32. The van der Waals surface area contributed by atoms with Crippen LogP contribution in [-0.4, -0.2) is 15.7 Å². The SMILES string of the molecule is Cn1nc(-c2ccccc2)c(-c2ccccc2)c(C(=O)Nc2ccc(F)cc2)c1=O. The fourth-order valence-electron chi connectivity index (χ4n) is 3.25. The quantitative estimate of drug-likeness (QED) is 0.549. The molecule has 3 aromatic carbocycles. The van der Waals surface area contributed by atoms with Crippen LogP contribution in [0, 0.1) is 5.82 Å². The molecule has 30 heavy (non-hydrogen) atoms. The van der Waals surface area contributed by atoms with E-state index < -0.39 is 17.3 Å². The molecule has 0 bridgehead atoms. The van der Waals surface area contributed by atoms with Crippen molar-refractivity contribution in [3.63, 3.8) is 0 Å². The molecule has 1 aromatic heterocycles. The summed E-state index contributed by atoms with van der Waals surface area (Å²) in [6.45, 7) is 0. The number of nitrogens with zero attached hydrogens (tertiary/aromatic N) is 2. The van der Waals surface area contributed by atoms with E-state index >= 15 is 0 Å². The third-order valence-corrected chi connectivity index (χ3v) is 4.68. The van der Waals surface area contributed by atoms with Gasteiger partial charge in [-0.1, -0.05) is 60.7 Å². The Kier molecular flexibility index (Phi) is 5.22. The van der Waals surface area contributed by atoms with Crippen LogP contribution in [0.2, 0.25) is 0 Å². The maximum absolute atomic E-state index is 13.2. The number of nitrogens with one attached hydrogen (secondary N) is 1. The van der Waals surface area contributed by atoms with Gasteiger partial charge in [0.1, 0.15) is 11.4 Å². The van der Waals surface area contributed by atoms with E-state index in [0.29, 0.717) is 22.5 Å². The van der Waals surface area contributed by atoms with Crippen molar-refractivity contribution in [3.05, 3.63) is 107 Å². The van der Waals surface area contributed by atoms with Gasteiger partial charge >= 0.3 is 0 Å². The summed E-state index contributed by atoms with van der Waals surface area (Å²) in [5.41, 5.74) is 2.29. The van der Waals surface area contributed by atoms with Crippen LogP contribution in [0.25, 0.3) is 22.4 Å². The van der Waals surface area contributed by atoms with Crippen LogP contribution in [-0.2, 0) is 7.05 Å². The van der Waals surface area contributed by atoms with Crippen LogP contribution >= 0.6 is 0 Å². The van der Waals surface area contributed by atoms with Gasteiger partial charge in [-0.05, 0) is 29.8 Å². The normalized spacial score (nSPS) is 10.6. The standard InChI is InChI=1S/C24H18FN3O2/c1-28-24(30)21(23(29)26-19-14-12-18(25)13-15-19)20(16-8-4-2-5-9-16)22(27-28)17-10-6-3-7-11-17/h2-15H,1H3,(H,26,29). The molecule has 0 spiro atoms. The smallest absolute Gasteiger partial charge is 0.280 e. The van der Waals surface area contributed by atoms with Crippen molar-refractivity contribution in [1.82, 2.24) is 9.78 Å². The first-order valence-corrected chi connectivity index (χ1v) is 9.33. The van der Waals surface area contributed by atoms with Gasteiger partial charge in [0.15, 0.2) is 0 Å². The first-order valence-electron chi connectivity index (χ1n) is 9.33. The van der Waals surface area contributed by atoms with Crippen LogP contribution in [0.4, 0.5) is 10.1 Å². The summed E-state index contributed by atoms with van der Waals surface area (Å²) in [6.07, 6.45) is 0. The number of hydrogen-bond acceptors (Lipinski definition) is 3. The Morgan fingerprint density at radius 1 is 0.867 bits per heavy atom. The van der Waals surface area contributed by atoms with Crippen molar-refractivity contribution in [2.24, 2.45) is 7.05 Å². The van der Waals surface area contributed by atoms with Crippen LogP contribution < -0.4 is 10.9 Å². The van der Waals surface area contributed by atoms with Gasteiger partial charge in [-0.3, -0.25) is 9.59 Å². The number of aryl methyl sites for hydroxylation is 1. The fourth-order valence-corrected chi connectivity index (χ4v) is 3.25. The lowest BCUT2D eigenvalue weighted by molar-refractivity contribution is 0.102. The monoisotopic (exact) mass is 399 g/mol. The molecule has 1 amide bonds. The Hall–Kier alpha value is -4.06. The molecule has 6 heteroatoms. The molecular weight excluding hydrogens is 381 g/mol. The summed E-state index contributed by atoms with van der Waals surface area (Å²) < 4.78 is 14.4. The average molecular weight is 399 g/mol. The highest BCUT2D eigenvalue weighted by molar-refractivity contribution is 6.10. The molecule has 0 saturated carbocycles. The summed E-state index contributed by atoms with van der Waals surface area (Å²) in [6, 6.07) is 23.9. The lowest BCUT2D eigenvalue weighted by atomic mass is 9.95. The minimum Gasteiger partial charge on any atom is -0.322 e. The second kappa shape index (κ2) is 8.13. The first kappa shape index (κ1) is 19.3. The summed E-state index contributed by atoms with van der Waals surface area (Å²) in [5.74, 6) is -0.996. The topological polar surface area (TPSA) is 64.0 Å². The van der Waals surface area contributed by atoms with Crippen LogP contribution in [0.1, 0.15) is 10.4 Å². The molecule has 0 aliphatic rings. The minimum atomic E-state index is -0.583. The molecule has 1 N–H and O–H groups in total. The number of carbonyl (C=O) groups is 1. The Labute approximate surface area is 172 Å². The summed E-state index contributed by atoms with van der Waals surface area (Å²) in [4.78, 5) is 26.2. The number of carbonyl (C=O) groups excluding carboxylic acids is 1. The third-order valence-electron chi connectivity index (χ3n) is 4.68. The Bertz CT molecular complexity index is 1250. The van der Waals surface area contributed by atoms with Crippen LogP contribution in [0.3, 0.4) is 0 Å². The number of rotatable bonds is 4. The predicted molar refractivity (Wildman–Crippen MR) is 115 cm³/mol. The second-order valence-corrected chi connectivity index (χ2v) is 6.72. The molecule has 4 aromatic rings. The van der Waals surface area contributed by atoms with E-state index in [4.69, 9.17) is 0 Å². The van der Waals surface area contributed by atoms with Crippen molar-refractivity contribution < 1.29 is 9.18 Å². The maximum atomic E-state index is 13.2. The highest BCUT2D eigenvalue weighted by Gasteiger charge is 2.24. The van der Waals surface area contributed by atoms with E-state index in [1.807, 2.05) is 60.7 Å². The van der Waals surface area contributed by atoms with Gasteiger partial charge in [0.25, 0.3) is 11.5 Å². The number of hydrogen-bond donors (Lipinski definition) is 1. The Balaban J connectivity index is 1.94. The third kappa shape index (κ3) is 3.75. The van der Waals surface area contributed by atoms with E-state index in [1.165, 1.54) is 31.3 Å². The van der Waals surface area contributed by atoms with Gasteiger partial charge in [0.05, 0.1) is 5.69 Å². The van der Waals surface area contributed by atoms with Crippen LogP contribution in [0.15, 0.2) is 89.7 Å². The van der Waals surface area contributed by atoms with Crippen molar-refractivity contribution in [2.75, 3.05) is 5.32 Å². The largest absolute Gasteiger partial charge is 0.322 e. The Morgan fingerprint density at radius 3 is 2.03 bits per heavy atom. The van der Waals surface area contributed by atoms with E-state index in [1.54, 1.807) is 0 Å². The molecule has 0 radical (unpaired) electrons. The van der Waals surface area contributed by atoms with Gasteiger partial charge in [0, 0.05) is 23.9 Å². The number of anilines is 1. The minimum absolute atomic E-state index is 0.0260. The summed E-state index contributed by atoms with van der Waals surface area (Å²) >= 11 is 0. The number of halogens is 1. The van der Waals surface area contributed by atoms with E-state index in [9.17, 15) is 14.0 Å². The molecule has 148 valence electrons. The Morgan fingerprint density at radius 2 is 1.43 bits per heavy atom. The molecule has 0 atom stereocenters. The number of aromatic nitrogens is 2. The van der Waals surface area contributed by atoms with Gasteiger partial charge in [-0.25, -0.2) is 9.07 Å². The molecule has 4 rings (SSSR count). The van der Waals surface area contributed by atoms with E-state index in [2.05, 4.69) is 10.4 Å². The average Bonchev–Trinajstić information content (AvgIpc) is 2.78. The maximum Gasteiger partial charge on any atom is 0.280 e. The first-order chi connectivity index (χ1) is 14.5. The molecule has 0 unspecified atom stereocenters. The molecule has 0 aliphatic carbocycles. The molecular formula is C24H18FN3O2. The molecule has 0 saturated heterocycles. The fraction of sp³-hybridized carbons (Fsp3) is 0.0417. The zero-order chi connectivity index (χ0) is 21.1. The van der Waals surface area contributed by atoms with Crippen molar-refractivity contribution in [3.8, 4) is 22.4 Å².